The zero-order chi connectivity index (χ0) is 16.1. The Bertz CT molecular complexity index is 671. The maximum atomic E-state index is 13.2. The summed E-state index contributed by atoms with van der Waals surface area (Å²) in [5.41, 5.74) is 0.111. The van der Waals surface area contributed by atoms with Crippen molar-refractivity contribution in [2.45, 2.75) is 13.5 Å². The molecular weight excluding hydrogens is 294 g/mol. The molecule has 0 aliphatic heterocycles. The molecule has 1 heterocycles. The van der Waals surface area contributed by atoms with Crippen molar-refractivity contribution in [2.75, 3.05) is 11.4 Å². The molecule has 116 valence electrons. The quantitative estimate of drug-likeness (QED) is 0.921. The molecule has 2 rings (SSSR count). The van der Waals surface area contributed by atoms with E-state index in [2.05, 4.69) is 5.32 Å². The van der Waals surface area contributed by atoms with E-state index in [0.29, 0.717) is 5.76 Å². The fourth-order valence-electron chi connectivity index (χ4n) is 1.84. The zero-order valence-corrected chi connectivity index (χ0v) is 11.8. The molecule has 0 saturated carbocycles. The standard InChI is InChI=1S/C15H14F2N2O3/c1-10(20)19(11-4-5-13(16)14(17)7-11)9-15(21)18-8-12-3-2-6-22-12/h2-7H,8-9H2,1H3,(H,18,21). The number of anilines is 1. The molecule has 0 bridgehead atoms. The predicted octanol–water partition coefficient (Wildman–Crippen LogP) is 2.23. The van der Waals surface area contributed by atoms with Crippen LogP contribution in [0.15, 0.2) is 41.0 Å². The molecule has 2 amide bonds. The van der Waals surface area contributed by atoms with Crippen LogP contribution >= 0.6 is 0 Å². The van der Waals surface area contributed by atoms with E-state index in [1.807, 2.05) is 0 Å². The molecule has 1 aromatic heterocycles. The smallest absolute Gasteiger partial charge is 0.240 e. The zero-order valence-electron chi connectivity index (χ0n) is 11.8. The number of carbonyl (C=O) groups excluding carboxylic acids is 2. The molecule has 0 saturated heterocycles. The van der Waals surface area contributed by atoms with E-state index in [9.17, 15) is 18.4 Å². The van der Waals surface area contributed by atoms with E-state index in [1.54, 1.807) is 12.1 Å². The Morgan fingerprint density at radius 3 is 2.59 bits per heavy atom. The van der Waals surface area contributed by atoms with Crippen LogP contribution in [-0.4, -0.2) is 18.4 Å². The minimum atomic E-state index is -1.08. The number of carbonyl (C=O) groups is 2. The van der Waals surface area contributed by atoms with Gasteiger partial charge < -0.3 is 14.6 Å². The summed E-state index contributed by atoms with van der Waals surface area (Å²) in [6.45, 7) is 1.11. The second kappa shape index (κ2) is 6.84. The fourth-order valence-corrected chi connectivity index (χ4v) is 1.84. The van der Waals surface area contributed by atoms with Gasteiger partial charge in [-0.25, -0.2) is 8.78 Å². The van der Waals surface area contributed by atoms with Crippen LogP contribution < -0.4 is 10.2 Å². The second-order valence-corrected chi connectivity index (χ2v) is 4.56. The number of hydrogen-bond donors (Lipinski definition) is 1. The molecule has 1 N–H and O–H groups in total. The van der Waals surface area contributed by atoms with Crippen LogP contribution in [0.5, 0.6) is 0 Å². The lowest BCUT2D eigenvalue weighted by Crippen LogP contribution is -2.39. The van der Waals surface area contributed by atoms with Crippen LogP contribution in [0.4, 0.5) is 14.5 Å². The molecule has 0 unspecified atom stereocenters. The van der Waals surface area contributed by atoms with Gasteiger partial charge in [0.15, 0.2) is 11.6 Å². The Hall–Kier alpha value is -2.70. The van der Waals surface area contributed by atoms with Crippen molar-refractivity contribution >= 4 is 17.5 Å². The number of benzene rings is 1. The van der Waals surface area contributed by atoms with Crippen molar-refractivity contribution in [3.8, 4) is 0 Å². The molecule has 7 heteroatoms. The van der Waals surface area contributed by atoms with Gasteiger partial charge in [0, 0.05) is 18.7 Å². The molecule has 0 radical (unpaired) electrons. The van der Waals surface area contributed by atoms with Crippen molar-refractivity contribution in [1.82, 2.24) is 5.32 Å². The molecule has 22 heavy (non-hydrogen) atoms. The highest BCUT2D eigenvalue weighted by molar-refractivity contribution is 5.97. The molecular formula is C15H14F2N2O3. The average molecular weight is 308 g/mol. The topological polar surface area (TPSA) is 62.6 Å². The number of hydrogen-bond acceptors (Lipinski definition) is 3. The third-order valence-corrected chi connectivity index (χ3v) is 2.94. The lowest BCUT2D eigenvalue weighted by molar-refractivity contribution is -0.123. The van der Waals surface area contributed by atoms with Crippen molar-refractivity contribution in [3.63, 3.8) is 0 Å². The van der Waals surface area contributed by atoms with E-state index < -0.39 is 23.4 Å². The number of nitrogens with zero attached hydrogens (tertiary/aromatic N) is 1. The SMILES string of the molecule is CC(=O)N(CC(=O)NCc1ccco1)c1ccc(F)c(F)c1. The lowest BCUT2D eigenvalue weighted by atomic mass is 10.2. The second-order valence-electron chi connectivity index (χ2n) is 4.56. The first-order chi connectivity index (χ1) is 10.5. The number of nitrogens with one attached hydrogen (secondary N) is 1. The number of rotatable bonds is 5. The maximum Gasteiger partial charge on any atom is 0.240 e. The van der Waals surface area contributed by atoms with Crippen LogP contribution in [0.1, 0.15) is 12.7 Å². The summed E-state index contributed by atoms with van der Waals surface area (Å²) in [6.07, 6.45) is 1.48. The van der Waals surface area contributed by atoms with Gasteiger partial charge >= 0.3 is 0 Å². The first kappa shape index (κ1) is 15.7. The minimum absolute atomic E-state index is 0.111. The van der Waals surface area contributed by atoms with Crippen molar-refractivity contribution in [1.29, 1.82) is 0 Å². The largest absolute Gasteiger partial charge is 0.467 e. The fraction of sp³-hybridized carbons (Fsp3) is 0.200. The lowest BCUT2D eigenvalue weighted by Gasteiger charge is -2.20. The van der Waals surface area contributed by atoms with Gasteiger partial charge in [-0.3, -0.25) is 9.59 Å². The molecule has 5 nitrogen and oxygen atoms in total. The van der Waals surface area contributed by atoms with Gasteiger partial charge in [0.1, 0.15) is 12.3 Å². The first-order valence-electron chi connectivity index (χ1n) is 6.49. The Balaban J connectivity index is 2.03. The van der Waals surface area contributed by atoms with Gasteiger partial charge in [-0.05, 0) is 24.3 Å². The Morgan fingerprint density at radius 1 is 1.23 bits per heavy atom. The third kappa shape index (κ3) is 3.91. The summed E-state index contributed by atoms with van der Waals surface area (Å²) in [6, 6.07) is 6.39. The Kier molecular flexibility index (Phi) is 4.88. The summed E-state index contributed by atoms with van der Waals surface area (Å²) >= 11 is 0. The Morgan fingerprint density at radius 2 is 2.00 bits per heavy atom. The Labute approximate surface area is 125 Å². The van der Waals surface area contributed by atoms with Gasteiger partial charge in [0.25, 0.3) is 0 Å². The van der Waals surface area contributed by atoms with Gasteiger partial charge in [-0.1, -0.05) is 0 Å². The van der Waals surface area contributed by atoms with E-state index in [0.717, 1.165) is 17.0 Å². The molecule has 0 spiro atoms. The monoisotopic (exact) mass is 308 g/mol. The predicted molar refractivity (Wildman–Crippen MR) is 74.9 cm³/mol. The molecule has 0 atom stereocenters. The highest BCUT2D eigenvalue weighted by atomic mass is 19.2. The van der Waals surface area contributed by atoms with Gasteiger partial charge in [0.05, 0.1) is 12.8 Å². The normalized spacial score (nSPS) is 10.3. The van der Waals surface area contributed by atoms with Gasteiger partial charge in [0.2, 0.25) is 11.8 Å². The van der Waals surface area contributed by atoms with E-state index >= 15 is 0 Å². The van der Waals surface area contributed by atoms with Crippen molar-refractivity contribution in [3.05, 3.63) is 54.0 Å². The summed E-state index contributed by atoms with van der Waals surface area (Å²) in [5.74, 6) is -2.44. The summed E-state index contributed by atoms with van der Waals surface area (Å²) in [4.78, 5) is 24.5. The highest BCUT2D eigenvalue weighted by Crippen LogP contribution is 2.18. The van der Waals surface area contributed by atoms with Gasteiger partial charge in [-0.15, -0.1) is 0 Å². The van der Waals surface area contributed by atoms with Gasteiger partial charge in [-0.2, -0.15) is 0 Å². The molecule has 1 aromatic carbocycles. The maximum absolute atomic E-state index is 13.2. The molecule has 0 fully saturated rings. The van der Waals surface area contributed by atoms with Crippen LogP contribution in [0.3, 0.4) is 0 Å². The number of amides is 2. The summed E-state index contributed by atoms with van der Waals surface area (Å²) < 4.78 is 31.2. The van der Waals surface area contributed by atoms with E-state index in [4.69, 9.17) is 4.42 Å². The highest BCUT2D eigenvalue weighted by Gasteiger charge is 2.17. The average Bonchev–Trinajstić information content (AvgIpc) is 2.98. The number of halogens is 2. The minimum Gasteiger partial charge on any atom is -0.467 e. The van der Waals surface area contributed by atoms with Crippen LogP contribution in [0.2, 0.25) is 0 Å². The van der Waals surface area contributed by atoms with Crippen LogP contribution in [-0.2, 0) is 16.1 Å². The molecule has 2 aromatic rings. The first-order valence-corrected chi connectivity index (χ1v) is 6.49. The van der Waals surface area contributed by atoms with Crippen molar-refractivity contribution in [2.24, 2.45) is 0 Å². The van der Waals surface area contributed by atoms with Crippen molar-refractivity contribution < 1.29 is 22.8 Å². The van der Waals surface area contributed by atoms with E-state index in [-0.39, 0.29) is 18.8 Å². The number of furan rings is 1. The summed E-state index contributed by atoms with van der Waals surface area (Å²) in [7, 11) is 0. The van der Waals surface area contributed by atoms with Crippen LogP contribution in [0.25, 0.3) is 0 Å². The van der Waals surface area contributed by atoms with E-state index in [1.165, 1.54) is 19.3 Å². The van der Waals surface area contributed by atoms with Crippen LogP contribution in [0, 0.1) is 11.6 Å². The summed E-state index contributed by atoms with van der Waals surface area (Å²) in [5, 5.41) is 2.57. The molecule has 0 aliphatic carbocycles. The molecule has 0 aliphatic rings. The third-order valence-electron chi connectivity index (χ3n) is 2.94.